The first-order valence-electron chi connectivity index (χ1n) is 18.0. The van der Waals surface area contributed by atoms with Crippen LogP contribution in [0.3, 0.4) is 0 Å². The SMILES string of the molecule is CC(C)(C)OC(=O)NCCOCCOCCOCCOCCOCCOCCOCCOCCOCCOCCOCCOS(=O)(=O)c1ccccc1. The Labute approximate surface area is 315 Å². The minimum atomic E-state index is -3.76. The van der Waals surface area contributed by atoms with Crippen molar-refractivity contribution >= 4 is 16.2 Å². The first kappa shape index (κ1) is 49.0. The van der Waals surface area contributed by atoms with Crippen LogP contribution in [0.1, 0.15) is 20.8 Å². The number of carbonyl (C=O) groups excluding carboxylic acids is 1. The monoisotopic (exact) mass is 785 g/mol. The van der Waals surface area contributed by atoms with Crippen LogP contribution in [0.5, 0.6) is 0 Å². The normalized spacial score (nSPS) is 12.0. The summed E-state index contributed by atoms with van der Waals surface area (Å²) in [5.41, 5.74) is -0.519. The van der Waals surface area contributed by atoms with E-state index in [0.717, 1.165) is 0 Å². The Morgan fingerprint density at radius 3 is 1.06 bits per heavy atom. The fourth-order valence-electron chi connectivity index (χ4n) is 3.70. The highest BCUT2D eigenvalue weighted by atomic mass is 32.2. The maximum Gasteiger partial charge on any atom is 0.407 e. The molecule has 310 valence electrons. The lowest BCUT2D eigenvalue weighted by molar-refractivity contribution is -0.0277. The van der Waals surface area contributed by atoms with Crippen LogP contribution in [0.15, 0.2) is 35.2 Å². The van der Waals surface area contributed by atoms with Gasteiger partial charge in [-0.05, 0) is 32.9 Å². The molecule has 0 aliphatic carbocycles. The first-order chi connectivity index (χ1) is 25.7. The zero-order valence-electron chi connectivity index (χ0n) is 31.8. The molecule has 0 saturated heterocycles. The molecule has 0 saturated carbocycles. The predicted molar refractivity (Wildman–Crippen MR) is 193 cm³/mol. The number of benzene rings is 1. The van der Waals surface area contributed by atoms with Crippen molar-refractivity contribution < 1.29 is 74.2 Å². The van der Waals surface area contributed by atoms with Crippen LogP contribution in [-0.4, -0.2) is 179 Å². The van der Waals surface area contributed by atoms with Crippen molar-refractivity contribution in [2.45, 2.75) is 31.3 Å². The highest BCUT2D eigenvalue weighted by molar-refractivity contribution is 7.86. The Balaban J connectivity index is 1.66. The fourth-order valence-corrected chi connectivity index (χ4v) is 4.61. The van der Waals surface area contributed by atoms with E-state index in [0.29, 0.717) is 145 Å². The van der Waals surface area contributed by atoms with Crippen molar-refractivity contribution in [2.75, 3.05) is 159 Å². The smallest absolute Gasteiger partial charge is 0.407 e. The topological polar surface area (TPSA) is 183 Å². The van der Waals surface area contributed by atoms with Gasteiger partial charge in [-0.2, -0.15) is 8.42 Å². The Hall–Kier alpha value is -2.04. The Kier molecular flexibility index (Phi) is 31.8. The third-order valence-corrected chi connectivity index (χ3v) is 7.46. The summed E-state index contributed by atoms with van der Waals surface area (Å²) in [5, 5.41) is 2.62. The van der Waals surface area contributed by atoms with Gasteiger partial charge in [0.2, 0.25) is 0 Å². The van der Waals surface area contributed by atoms with Gasteiger partial charge in [-0.3, -0.25) is 4.18 Å². The second-order valence-electron chi connectivity index (χ2n) is 11.8. The molecule has 0 bridgehead atoms. The van der Waals surface area contributed by atoms with Crippen molar-refractivity contribution in [1.29, 1.82) is 0 Å². The second-order valence-corrected chi connectivity index (χ2v) is 13.4. The standard InChI is InChI=1S/C35H63NO16S/c1-35(2,3)52-34(37)36-9-10-40-11-12-41-13-14-42-15-16-43-17-18-44-19-20-45-21-22-46-23-24-47-25-26-48-27-28-49-29-30-50-31-32-51-53(38,39)33-7-5-4-6-8-33/h4-8H,9-32H2,1-3H3,(H,36,37). The van der Waals surface area contributed by atoms with Crippen LogP contribution in [0.2, 0.25) is 0 Å². The van der Waals surface area contributed by atoms with Gasteiger partial charge in [-0.25, -0.2) is 4.79 Å². The second kappa shape index (κ2) is 34.5. The van der Waals surface area contributed by atoms with Gasteiger partial charge >= 0.3 is 6.09 Å². The van der Waals surface area contributed by atoms with E-state index in [1.807, 2.05) is 20.8 Å². The third kappa shape index (κ3) is 34.2. The number of hydrogen-bond donors (Lipinski definition) is 1. The summed E-state index contributed by atoms with van der Waals surface area (Å²) in [7, 11) is -3.76. The minimum absolute atomic E-state index is 0.0642. The predicted octanol–water partition coefficient (Wildman–Crippen LogP) is 2.10. The molecular formula is C35H63NO16S. The van der Waals surface area contributed by atoms with Crippen LogP contribution in [0, 0.1) is 0 Å². The van der Waals surface area contributed by atoms with E-state index in [1.54, 1.807) is 18.2 Å². The zero-order valence-corrected chi connectivity index (χ0v) is 32.6. The average Bonchev–Trinajstić information content (AvgIpc) is 3.12. The van der Waals surface area contributed by atoms with Crippen molar-refractivity contribution in [1.82, 2.24) is 5.32 Å². The number of nitrogens with one attached hydrogen (secondary N) is 1. The van der Waals surface area contributed by atoms with Gasteiger partial charge in [0, 0.05) is 6.54 Å². The van der Waals surface area contributed by atoms with Gasteiger partial charge in [0.15, 0.2) is 0 Å². The van der Waals surface area contributed by atoms with Crippen LogP contribution in [0.25, 0.3) is 0 Å². The van der Waals surface area contributed by atoms with E-state index in [9.17, 15) is 13.2 Å². The number of amides is 1. The van der Waals surface area contributed by atoms with Crippen molar-refractivity contribution in [3.63, 3.8) is 0 Å². The van der Waals surface area contributed by atoms with Gasteiger partial charge in [0.1, 0.15) is 5.60 Å². The summed E-state index contributed by atoms with van der Waals surface area (Å²) in [4.78, 5) is 11.6. The van der Waals surface area contributed by atoms with E-state index >= 15 is 0 Å². The molecule has 0 radical (unpaired) electrons. The van der Waals surface area contributed by atoms with E-state index in [2.05, 4.69) is 5.32 Å². The van der Waals surface area contributed by atoms with E-state index in [1.165, 1.54) is 12.1 Å². The third-order valence-electron chi connectivity index (χ3n) is 6.13. The molecule has 1 N–H and O–H groups in total. The van der Waals surface area contributed by atoms with Crippen LogP contribution in [0.4, 0.5) is 4.79 Å². The molecule has 1 amide bonds. The molecule has 0 aliphatic heterocycles. The molecular weight excluding hydrogens is 722 g/mol. The van der Waals surface area contributed by atoms with Crippen molar-refractivity contribution in [3.8, 4) is 0 Å². The quantitative estimate of drug-likeness (QED) is 0.0759. The van der Waals surface area contributed by atoms with E-state index in [4.69, 9.17) is 61.0 Å². The van der Waals surface area contributed by atoms with E-state index < -0.39 is 21.8 Å². The minimum Gasteiger partial charge on any atom is -0.444 e. The molecule has 0 spiro atoms. The molecule has 0 unspecified atom stereocenters. The zero-order chi connectivity index (χ0) is 38.6. The summed E-state index contributed by atoms with van der Waals surface area (Å²) in [6.45, 7) is 15.2. The van der Waals surface area contributed by atoms with E-state index in [-0.39, 0.29) is 18.1 Å². The van der Waals surface area contributed by atoms with Crippen LogP contribution in [-0.2, 0) is 71.1 Å². The molecule has 0 fully saturated rings. The molecule has 18 heteroatoms. The summed E-state index contributed by atoms with van der Waals surface area (Å²) in [6.07, 6.45) is -0.459. The molecule has 0 aromatic heterocycles. The summed E-state index contributed by atoms with van der Waals surface area (Å²) < 4.78 is 93.8. The highest BCUT2D eigenvalue weighted by Gasteiger charge is 2.15. The number of ether oxygens (including phenoxy) is 12. The fraction of sp³-hybridized carbons (Fsp3) is 0.800. The van der Waals surface area contributed by atoms with Crippen LogP contribution < -0.4 is 5.32 Å². The largest absolute Gasteiger partial charge is 0.444 e. The van der Waals surface area contributed by atoms with Gasteiger partial charge < -0.3 is 62.2 Å². The number of alkyl carbamates (subject to hydrolysis) is 1. The maximum absolute atomic E-state index is 12.0. The Morgan fingerprint density at radius 2 is 0.755 bits per heavy atom. The Morgan fingerprint density at radius 1 is 0.472 bits per heavy atom. The first-order valence-corrected chi connectivity index (χ1v) is 19.4. The summed E-state index contributed by atoms with van der Waals surface area (Å²) >= 11 is 0. The molecule has 1 aromatic rings. The highest BCUT2D eigenvalue weighted by Crippen LogP contribution is 2.10. The maximum atomic E-state index is 12.0. The molecule has 17 nitrogen and oxygen atoms in total. The molecule has 0 aliphatic rings. The Bertz CT molecular complexity index is 1060. The lowest BCUT2D eigenvalue weighted by atomic mass is 10.2. The number of hydrogen-bond acceptors (Lipinski definition) is 16. The van der Waals surface area contributed by atoms with Gasteiger partial charge in [0.25, 0.3) is 10.1 Å². The number of rotatable bonds is 38. The average molecular weight is 786 g/mol. The lowest BCUT2D eigenvalue weighted by Crippen LogP contribution is -2.34. The summed E-state index contributed by atoms with van der Waals surface area (Å²) in [6, 6.07) is 7.96. The van der Waals surface area contributed by atoms with Gasteiger partial charge in [-0.15, -0.1) is 0 Å². The molecule has 53 heavy (non-hydrogen) atoms. The lowest BCUT2D eigenvalue weighted by Gasteiger charge is -2.19. The van der Waals surface area contributed by atoms with Crippen molar-refractivity contribution in [2.24, 2.45) is 0 Å². The van der Waals surface area contributed by atoms with Crippen LogP contribution >= 0.6 is 0 Å². The summed E-state index contributed by atoms with van der Waals surface area (Å²) in [5.74, 6) is 0. The van der Waals surface area contributed by atoms with Crippen molar-refractivity contribution in [3.05, 3.63) is 30.3 Å². The number of carbonyl (C=O) groups is 1. The molecule has 0 heterocycles. The molecule has 1 aromatic carbocycles. The molecule has 1 rings (SSSR count). The van der Waals surface area contributed by atoms with Gasteiger partial charge in [-0.1, -0.05) is 18.2 Å². The van der Waals surface area contributed by atoms with Gasteiger partial charge in [0.05, 0.1) is 157 Å². The molecule has 0 atom stereocenters.